The molecule has 0 saturated heterocycles. The van der Waals surface area contributed by atoms with Crippen molar-refractivity contribution in [2.45, 2.75) is 0 Å². The summed E-state index contributed by atoms with van der Waals surface area (Å²) in [7, 11) is 0. The highest BCUT2D eigenvalue weighted by molar-refractivity contribution is 6.32. The van der Waals surface area contributed by atoms with Gasteiger partial charge in [-0.3, -0.25) is 4.57 Å². The Bertz CT molecular complexity index is 830. The van der Waals surface area contributed by atoms with E-state index in [-0.39, 0.29) is 0 Å². The molecule has 3 aromatic rings. The van der Waals surface area contributed by atoms with E-state index in [4.69, 9.17) is 22.6 Å². The standard InChI is InChI=1S/C15H10ClN5/c16-12-5-10(6-17)1-3-13(12)21-9-19-8-14(21)11-2-4-15(18)20-7-11/h1-5,7-9H,(H2,18,20). The molecule has 0 atom stereocenters. The van der Waals surface area contributed by atoms with Gasteiger partial charge in [0.1, 0.15) is 5.82 Å². The lowest BCUT2D eigenvalue weighted by atomic mass is 10.2. The number of nitrogen functional groups attached to an aromatic ring is 1. The van der Waals surface area contributed by atoms with Crippen molar-refractivity contribution in [3.63, 3.8) is 0 Å². The predicted octanol–water partition coefficient (Wildman–Crippen LogP) is 3.04. The van der Waals surface area contributed by atoms with Crippen LogP contribution in [0.5, 0.6) is 0 Å². The summed E-state index contributed by atoms with van der Waals surface area (Å²) < 4.78 is 1.84. The molecule has 2 aromatic heterocycles. The van der Waals surface area contributed by atoms with E-state index in [2.05, 4.69) is 16.0 Å². The number of hydrogen-bond acceptors (Lipinski definition) is 4. The molecule has 0 bridgehead atoms. The molecule has 5 nitrogen and oxygen atoms in total. The van der Waals surface area contributed by atoms with E-state index in [0.29, 0.717) is 16.4 Å². The van der Waals surface area contributed by atoms with Crippen LogP contribution in [0.4, 0.5) is 5.82 Å². The van der Waals surface area contributed by atoms with Gasteiger partial charge in [0.25, 0.3) is 0 Å². The fraction of sp³-hybridized carbons (Fsp3) is 0. The molecule has 0 unspecified atom stereocenters. The number of nitrogens with zero attached hydrogens (tertiary/aromatic N) is 4. The first-order valence-corrected chi connectivity index (χ1v) is 6.51. The second-order valence-corrected chi connectivity index (χ2v) is 4.81. The molecule has 0 spiro atoms. The summed E-state index contributed by atoms with van der Waals surface area (Å²) in [6.07, 6.45) is 5.07. The van der Waals surface area contributed by atoms with Crippen LogP contribution in [0.25, 0.3) is 16.9 Å². The molecule has 0 amide bonds. The zero-order chi connectivity index (χ0) is 14.8. The van der Waals surface area contributed by atoms with Crippen LogP contribution in [0.3, 0.4) is 0 Å². The molecular weight excluding hydrogens is 286 g/mol. The van der Waals surface area contributed by atoms with Crippen molar-refractivity contribution < 1.29 is 0 Å². The molecule has 0 fully saturated rings. The average molecular weight is 296 g/mol. The summed E-state index contributed by atoms with van der Waals surface area (Å²) in [4.78, 5) is 8.24. The van der Waals surface area contributed by atoms with Crippen molar-refractivity contribution in [2.24, 2.45) is 0 Å². The first-order valence-electron chi connectivity index (χ1n) is 6.13. The molecule has 0 aliphatic carbocycles. The van der Waals surface area contributed by atoms with Crippen LogP contribution in [0.15, 0.2) is 49.1 Å². The van der Waals surface area contributed by atoms with E-state index in [1.807, 2.05) is 10.6 Å². The normalized spacial score (nSPS) is 10.3. The van der Waals surface area contributed by atoms with E-state index >= 15 is 0 Å². The van der Waals surface area contributed by atoms with E-state index in [9.17, 15) is 0 Å². The number of imidazole rings is 1. The Morgan fingerprint density at radius 3 is 2.71 bits per heavy atom. The first-order chi connectivity index (χ1) is 10.2. The zero-order valence-corrected chi connectivity index (χ0v) is 11.6. The second kappa shape index (κ2) is 5.27. The number of pyridine rings is 1. The highest BCUT2D eigenvalue weighted by Crippen LogP contribution is 2.27. The SMILES string of the molecule is N#Cc1ccc(-n2cncc2-c2ccc(N)nc2)c(Cl)c1. The number of nitrogens with two attached hydrogens (primary N) is 1. The van der Waals surface area contributed by atoms with Gasteiger partial charge in [0.2, 0.25) is 0 Å². The van der Waals surface area contributed by atoms with Gasteiger partial charge < -0.3 is 5.73 Å². The van der Waals surface area contributed by atoms with Gasteiger partial charge in [-0.15, -0.1) is 0 Å². The smallest absolute Gasteiger partial charge is 0.123 e. The average Bonchev–Trinajstić information content (AvgIpc) is 2.97. The van der Waals surface area contributed by atoms with Crippen molar-refractivity contribution in [3.8, 4) is 23.0 Å². The van der Waals surface area contributed by atoms with Gasteiger partial charge in [-0.25, -0.2) is 9.97 Å². The Kier molecular flexibility index (Phi) is 3.30. The lowest BCUT2D eigenvalue weighted by Crippen LogP contribution is -1.97. The third-order valence-electron chi connectivity index (χ3n) is 3.06. The quantitative estimate of drug-likeness (QED) is 0.788. The Hall–Kier alpha value is -2.84. The van der Waals surface area contributed by atoms with Crippen LogP contribution in [-0.2, 0) is 0 Å². The van der Waals surface area contributed by atoms with Crippen LogP contribution < -0.4 is 5.73 Å². The lowest BCUT2D eigenvalue weighted by Gasteiger charge is -2.10. The second-order valence-electron chi connectivity index (χ2n) is 4.40. The highest BCUT2D eigenvalue weighted by atomic mass is 35.5. The van der Waals surface area contributed by atoms with E-state index < -0.39 is 0 Å². The molecule has 0 aliphatic heterocycles. The minimum absolute atomic E-state index is 0.459. The minimum atomic E-state index is 0.459. The molecule has 6 heteroatoms. The molecule has 21 heavy (non-hydrogen) atoms. The van der Waals surface area contributed by atoms with Gasteiger partial charge in [-0.1, -0.05) is 11.6 Å². The Morgan fingerprint density at radius 2 is 2.05 bits per heavy atom. The zero-order valence-electron chi connectivity index (χ0n) is 10.9. The van der Waals surface area contributed by atoms with Crippen LogP contribution in [-0.4, -0.2) is 14.5 Å². The number of rotatable bonds is 2. The maximum atomic E-state index is 8.89. The van der Waals surface area contributed by atoms with Crippen molar-refractivity contribution in [1.82, 2.24) is 14.5 Å². The summed E-state index contributed by atoms with van der Waals surface area (Å²) >= 11 is 6.25. The molecule has 0 saturated carbocycles. The number of hydrogen-bond donors (Lipinski definition) is 1. The number of aromatic nitrogens is 3. The maximum Gasteiger partial charge on any atom is 0.123 e. The number of benzene rings is 1. The van der Waals surface area contributed by atoms with E-state index in [1.54, 1.807) is 43.0 Å². The maximum absolute atomic E-state index is 8.89. The Morgan fingerprint density at radius 1 is 1.19 bits per heavy atom. The van der Waals surface area contributed by atoms with Gasteiger partial charge in [0, 0.05) is 11.8 Å². The largest absolute Gasteiger partial charge is 0.384 e. The van der Waals surface area contributed by atoms with Crippen molar-refractivity contribution in [2.75, 3.05) is 5.73 Å². The lowest BCUT2D eigenvalue weighted by molar-refractivity contribution is 1.06. The fourth-order valence-electron chi connectivity index (χ4n) is 2.03. The summed E-state index contributed by atoms with van der Waals surface area (Å²) in [6.45, 7) is 0. The van der Waals surface area contributed by atoms with E-state index in [1.165, 1.54) is 0 Å². The molecule has 0 radical (unpaired) electrons. The topological polar surface area (TPSA) is 80.5 Å². The third kappa shape index (κ3) is 2.45. The van der Waals surface area contributed by atoms with Crippen LogP contribution >= 0.6 is 11.6 Å². The summed E-state index contributed by atoms with van der Waals surface area (Å²) in [5.41, 5.74) is 8.58. The summed E-state index contributed by atoms with van der Waals surface area (Å²) in [6, 6.07) is 10.8. The van der Waals surface area contributed by atoms with Gasteiger partial charge >= 0.3 is 0 Å². The molecule has 2 heterocycles. The highest BCUT2D eigenvalue weighted by Gasteiger charge is 2.10. The van der Waals surface area contributed by atoms with E-state index in [0.717, 1.165) is 16.9 Å². The number of nitriles is 1. The predicted molar refractivity (Wildman–Crippen MR) is 80.9 cm³/mol. The molecule has 102 valence electrons. The molecule has 3 rings (SSSR count). The third-order valence-corrected chi connectivity index (χ3v) is 3.36. The molecular formula is C15H10ClN5. The summed E-state index contributed by atoms with van der Waals surface area (Å²) in [5, 5.41) is 9.38. The monoisotopic (exact) mass is 295 g/mol. The molecule has 0 aliphatic rings. The molecule has 1 aromatic carbocycles. The van der Waals surface area contributed by atoms with Crippen molar-refractivity contribution in [3.05, 3.63) is 59.6 Å². The molecule has 2 N–H and O–H groups in total. The van der Waals surface area contributed by atoms with Crippen molar-refractivity contribution >= 4 is 17.4 Å². The van der Waals surface area contributed by atoms with Gasteiger partial charge in [-0.2, -0.15) is 5.26 Å². The van der Waals surface area contributed by atoms with Gasteiger partial charge in [-0.05, 0) is 30.3 Å². The fourth-order valence-corrected chi connectivity index (χ4v) is 2.30. The first kappa shape index (κ1) is 13.2. The van der Waals surface area contributed by atoms with Crippen LogP contribution in [0, 0.1) is 11.3 Å². The van der Waals surface area contributed by atoms with Gasteiger partial charge in [0.05, 0.1) is 40.6 Å². The number of halogens is 1. The Balaban J connectivity index is 2.11. The van der Waals surface area contributed by atoms with Crippen LogP contribution in [0.2, 0.25) is 5.02 Å². The summed E-state index contributed by atoms with van der Waals surface area (Å²) in [5.74, 6) is 0.459. The minimum Gasteiger partial charge on any atom is -0.384 e. The Labute approximate surface area is 126 Å². The van der Waals surface area contributed by atoms with Crippen molar-refractivity contribution in [1.29, 1.82) is 5.26 Å². The van der Waals surface area contributed by atoms with Gasteiger partial charge in [0.15, 0.2) is 0 Å². The number of anilines is 1. The van der Waals surface area contributed by atoms with Crippen LogP contribution in [0.1, 0.15) is 5.56 Å².